The molecule has 138 valence electrons. The molecule has 2 N–H and O–H groups in total. The second kappa shape index (κ2) is 9.39. The van der Waals surface area contributed by atoms with Crippen molar-refractivity contribution in [1.82, 2.24) is 10.6 Å². The van der Waals surface area contributed by atoms with Gasteiger partial charge in [0.25, 0.3) is 0 Å². The van der Waals surface area contributed by atoms with E-state index in [-0.39, 0.29) is 18.1 Å². The second-order valence-electron chi connectivity index (χ2n) is 6.85. The molecule has 1 aliphatic rings. The van der Waals surface area contributed by atoms with Crippen LogP contribution in [0.3, 0.4) is 0 Å². The van der Waals surface area contributed by atoms with E-state index in [4.69, 9.17) is 4.74 Å². The van der Waals surface area contributed by atoms with Gasteiger partial charge in [0.15, 0.2) is 6.23 Å². The Kier molecular flexibility index (Phi) is 6.67. The number of hydrogen-bond acceptors (Lipinski definition) is 3. The normalized spacial score (nSPS) is 16.0. The number of rotatable bonds is 7. The maximum Gasteiger partial charge on any atom is 0.225 e. The van der Waals surface area contributed by atoms with Gasteiger partial charge in [-0.05, 0) is 55.6 Å². The third kappa shape index (κ3) is 5.33. The first-order valence-corrected chi connectivity index (χ1v) is 9.55. The fourth-order valence-corrected chi connectivity index (χ4v) is 3.26. The maximum atomic E-state index is 12.4. The largest absolute Gasteiger partial charge is 0.471 e. The van der Waals surface area contributed by atoms with Gasteiger partial charge in [0.2, 0.25) is 5.91 Å². The highest BCUT2D eigenvalue weighted by Gasteiger charge is 2.23. The summed E-state index contributed by atoms with van der Waals surface area (Å²) in [6.45, 7) is 3.86. The summed E-state index contributed by atoms with van der Waals surface area (Å²) in [5.41, 5.74) is 2.54. The number of hydrogen-bond donors (Lipinski definition) is 2. The van der Waals surface area contributed by atoms with E-state index in [9.17, 15) is 4.79 Å². The molecule has 1 heterocycles. The Morgan fingerprint density at radius 3 is 2.38 bits per heavy atom. The van der Waals surface area contributed by atoms with Gasteiger partial charge < -0.3 is 15.4 Å². The van der Waals surface area contributed by atoms with Gasteiger partial charge in [0, 0.05) is 12.3 Å². The molecule has 3 rings (SSSR count). The van der Waals surface area contributed by atoms with E-state index in [0.717, 1.165) is 44.5 Å². The minimum absolute atomic E-state index is 0.0992. The van der Waals surface area contributed by atoms with Gasteiger partial charge in [-0.2, -0.15) is 0 Å². The molecular formula is C22H28N2O2. The molecule has 4 heteroatoms. The summed E-state index contributed by atoms with van der Waals surface area (Å²) in [7, 11) is 0. The first kappa shape index (κ1) is 18.5. The highest BCUT2D eigenvalue weighted by atomic mass is 16.5. The van der Waals surface area contributed by atoms with E-state index < -0.39 is 0 Å². The van der Waals surface area contributed by atoms with E-state index in [1.54, 1.807) is 0 Å². The van der Waals surface area contributed by atoms with Crippen LogP contribution in [-0.4, -0.2) is 25.2 Å². The average molecular weight is 352 g/mol. The maximum absolute atomic E-state index is 12.4. The van der Waals surface area contributed by atoms with Crippen LogP contribution in [0.15, 0.2) is 54.6 Å². The van der Waals surface area contributed by atoms with Gasteiger partial charge in [-0.15, -0.1) is 0 Å². The Bertz CT molecular complexity index is 679. The van der Waals surface area contributed by atoms with Gasteiger partial charge in [-0.25, -0.2) is 0 Å². The zero-order valence-corrected chi connectivity index (χ0v) is 15.4. The lowest BCUT2D eigenvalue weighted by molar-refractivity contribution is -0.128. The first-order valence-electron chi connectivity index (χ1n) is 9.55. The summed E-state index contributed by atoms with van der Waals surface area (Å²) < 4.78 is 5.98. The highest BCUT2D eigenvalue weighted by Crippen LogP contribution is 2.18. The Morgan fingerprint density at radius 2 is 1.73 bits per heavy atom. The molecule has 0 aliphatic carbocycles. The molecule has 1 amide bonds. The molecule has 0 aromatic heterocycles. The molecule has 1 unspecified atom stereocenters. The monoisotopic (exact) mass is 352 g/mol. The van der Waals surface area contributed by atoms with E-state index in [2.05, 4.69) is 47.0 Å². The molecule has 0 spiro atoms. The number of carbonyl (C=O) groups excluding carboxylic acids is 1. The molecule has 1 aliphatic heterocycles. The van der Waals surface area contributed by atoms with Crippen molar-refractivity contribution in [1.29, 1.82) is 0 Å². The summed E-state index contributed by atoms with van der Waals surface area (Å²) in [6, 6.07) is 18.6. The summed E-state index contributed by atoms with van der Waals surface area (Å²) in [6.07, 6.45) is 3.16. The van der Waals surface area contributed by atoms with Crippen LogP contribution in [0.25, 0.3) is 0 Å². The lowest BCUT2D eigenvalue weighted by Gasteiger charge is -2.25. The zero-order valence-electron chi connectivity index (χ0n) is 15.4. The Hall–Kier alpha value is -2.33. The van der Waals surface area contributed by atoms with E-state index in [1.165, 1.54) is 11.1 Å². The molecule has 26 heavy (non-hydrogen) atoms. The molecule has 0 saturated carbocycles. The fourth-order valence-electron chi connectivity index (χ4n) is 3.26. The molecule has 1 saturated heterocycles. The van der Waals surface area contributed by atoms with Gasteiger partial charge in [-0.3, -0.25) is 4.79 Å². The van der Waals surface area contributed by atoms with Crippen LogP contribution in [0.1, 0.15) is 37.3 Å². The van der Waals surface area contributed by atoms with Crippen LogP contribution in [0.2, 0.25) is 0 Å². The van der Waals surface area contributed by atoms with Crippen LogP contribution in [-0.2, 0) is 11.2 Å². The van der Waals surface area contributed by atoms with Crippen LogP contribution >= 0.6 is 0 Å². The van der Waals surface area contributed by atoms with Crippen molar-refractivity contribution in [3.8, 4) is 5.75 Å². The molecule has 2 aromatic rings. The quantitative estimate of drug-likeness (QED) is 0.750. The third-order valence-corrected chi connectivity index (χ3v) is 4.84. The SMILES string of the molecule is CCC(NC(=O)C1CCNCC1)Oc1ccc(Cc2ccccc2)cc1. The lowest BCUT2D eigenvalue weighted by atomic mass is 9.97. The summed E-state index contributed by atoms with van der Waals surface area (Å²) in [5.74, 6) is 1.00. The van der Waals surface area contributed by atoms with Crippen molar-refractivity contribution in [3.63, 3.8) is 0 Å². The van der Waals surface area contributed by atoms with Gasteiger partial charge in [-0.1, -0.05) is 49.4 Å². The third-order valence-electron chi connectivity index (χ3n) is 4.84. The highest BCUT2D eigenvalue weighted by molar-refractivity contribution is 5.78. The standard InChI is InChI=1S/C22H28N2O2/c1-2-21(24-22(25)19-12-14-23-15-13-19)26-20-10-8-18(9-11-20)16-17-6-4-3-5-7-17/h3-11,19,21,23H,2,12-16H2,1H3,(H,24,25). The minimum Gasteiger partial charge on any atom is -0.471 e. The van der Waals surface area contributed by atoms with Crippen molar-refractivity contribution in [2.24, 2.45) is 5.92 Å². The predicted molar refractivity (Wildman–Crippen MR) is 104 cm³/mol. The number of carbonyl (C=O) groups is 1. The minimum atomic E-state index is -0.280. The molecule has 1 fully saturated rings. The van der Waals surface area contributed by atoms with Gasteiger partial charge in [0.05, 0.1) is 0 Å². The van der Waals surface area contributed by atoms with Crippen molar-refractivity contribution < 1.29 is 9.53 Å². The van der Waals surface area contributed by atoms with Crippen LogP contribution < -0.4 is 15.4 Å². The Labute approximate surface area is 156 Å². The number of nitrogens with one attached hydrogen (secondary N) is 2. The zero-order chi connectivity index (χ0) is 18.2. The molecule has 1 atom stereocenters. The second-order valence-corrected chi connectivity index (χ2v) is 6.85. The van der Waals surface area contributed by atoms with Crippen LogP contribution in [0.4, 0.5) is 0 Å². The van der Waals surface area contributed by atoms with Crippen molar-refractivity contribution in [3.05, 3.63) is 65.7 Å². The van der Waals surface area contributed by atoms with Gasteiger partial charge in [0.1, 0.15) is 5.75 Å². The summed E-state index contributed by atoms with van der Waals surface area (Å²) >= 11 is 0. The van der Waals surface area contributed by atoms with Crippen molar-refractivity contribution in [2.45, 2.75) is 38.8 Å². The Morgan fingerprint density at radius 1 is 1.08 bits per heavy atom. The molecule has 4 nitrogen and oxygen atoms in total. The summed E-state index contributed by atoms with van der Waals surface area (Å²) in [4.78, 5) is 12.4. The number of ether oxygens (including phenoxy) is 1. The van der Waals surface area contributed by atoms with Crippen LogP contribution in [0.5, 0.6) is 5.75 Å². The van der Waals surface area contributed by atoms with Crippen molar-refractivity contribution in [2.75, 3.05) is 13.1 Å². The van der Waals surface area contributed by atoms with E-state index >= 15 is 0 Å². The molecule has 2 aromatic carbocycles. The summed E-state index contributed by atoms with van der Waals surface area (Å²) in [5, 5.41) is 6.34. The van der Waals surface area contributed by atoms with E-state index in [0.29, 0.717) is 0 Å². The number of amides is 1. The van der Waals surface area contributed by atoms with E-state index in [1.807, 2.05) is 25.1 Å². The molecule has 0 radical (unpaired) electrons. The first-order chi connectivity index (χ1) is 12.7. The average Bonchev–Trinajstić information content (AvgIpc) is 2.70. The smallest absolute Gasteiger partial charge is 0.225 e. The van der Waals surface area contributed by atoms with Crippen LogP contribution in [0, 0.1) is 5.92 Å². The molecular weight excluding hydrogens is 324 g/mol. The topological polar surface area (TPSA) is 50.4 Å². The predicted octanol–water partition coefficient (Wildman–Crippen LogP) is 3.51. The number of piperidine rings is 1. The number of benzene rings is 2. The molecule has 0 bridgehead atoms. The lowest BCUT2D eigenvalue weighted by Crippen LogP contribution is -2.44. The van der Waals surface area contributed by atoms with Crippen molar-refractivity contribution >= 4 is 5.91 Å². The Balaban J connectivity index is 1.53. The van der Waals surface area contributed by atoms with Gasteiger partial charge >= 0.3 is 0 Å². The fraction of sp³-hybridized carbons (Fsp3) is 0.409.